The van der Waals surface area contributed by atoms with Crippen molar-refractivity contribution in [2.24, 2.45) is 0 Å². The van der Waals surface area contributed by atoms with Crippen LogP contribution in [0.25, 0.3) is 0 Å². The van der Waals surface area contributed by atoms with Crippen molar-refractivity contribution in [3.63, 3.8) is 0 Å². The number of hydrogen-bond acceptors (Lipinski definition) is 3. The van der Waals surface area contributed by atoms with Gasteiger partial charge >= 0.3 is 0 Å². The lowest BCUT2D eigenvalue weighted by atomic mass is 9.87. The summed E-state index contributed by atoms with van der Waals surface area (Å²) in [5, 5.41) is 0. The highest BCUT2D eigenvalue weighted by Gasteiger charge is 2.21. The predicted octanol–water partition coefficient (Wildman–Crippen LogP) is 3.27. The van der Waals surface area contributed by atoms with E-state index in [9.17, 15) is 4.79 Å². The summed E-state index contributed by atoms with van der Waals surface area (Å²) < 4.78 is 10.4. The monoisotopic (exact) mass is 236 g/mol. The van der Waals surface area contributed by atoms with E-state index < -0.39 is 5.79 Å². The molecule has 0 fully saturated rings. The van der Waals surface area contributed by atoms with Gasteiger partial charge < -0.3 is 9.47 Å². The summed E-state index contributed by atoms with van der Waals surface area (Å²) in [5.41, 5.74) is 1.35. The molecule has 0 radical (unpaired) electrons. The Bertz CT molecular complexity index is 371. The predicted molar refractivity (Wildman–Crippen MR) is 67.0 cm³/mol. The maximum atomic E-state index is 10.3. The third-order valence-corrected chi connectivity index (χ3v) is 2.42. The highest BCUT2D eigenvalue weighted by Crippen LogP contribution is 2.26. The largest absolute Gasteiger partial charge is 0.453 e. The van der Waals surface area contributed by atoms with Crippen molar-refractivity contribution in [2.45, 2.75) is 45.8 Å². The van der Waals surface area contributed by atoms with E-state index in [0.717, 1.165) is 0 Å². The van der Waals surface area contributed by atoms with Crippen molar-refractivity contribution in [2.75, 3.05) is 0 Å². The molecule has 0 saturated heterocycles. The van der Waals surface area contributed by atoms with Crippen LogP contribution < -0.4 is 4.74 Å². The number of benzene rings is 1. The van der Waals surface area contributed by atoms with Crippen LogP contribution in [0.2, 0.25) is 0 Å². The van der Waals surface area contributed by atoms with E-state index in [0.29, 0.717) is 12.2 Å². The molecule has 94 valence electrons. The van der Waals surface area contributed by atoms with Gasteiger partial charge in [0.05, 0.1) is 0 Å². The van der Waals surface area contributed by atoms with Gasteiger partial charge in [-0.2, -0.15) is 0 Å². The van der Waals surface area contributed by atoms with Crippen LogP contribution in [0, 0.1) is 0 Å². The van der Waals surface area contributed by atoms with Crippen LogP contribution in [-0.4, -0.2) is 12.3 Å². The van der Waals surface area contributed by atoms with E-state index in [1.54, 1.807) is 13.8 Å². The SMILES string of the molecule is CC(C)(OC=O)Oc1ccc(C(C)(C)C)cc1. The summed E-state index contributed by atoms with van der Waals surface area (Å²) in [5.74, 6) is -0.254. The first-order valence-corrected chi connectivity index (χ1v) is 5.66. The highest BCUT2D eigenvalue weighted by atomic mass is 16.7. The first-order valence-electron chi connectivity index (χ1n) is 5.66. The molecule has 0 N–H and O–H groups in total. The summed E-state index contributed by atoms with van der Waals surface area (Å²) in [7, 11) is 0. The van der Waals surface area contributed by atoms with E-state index in [1.807, 2.05) is 24.3 Å². The summed E-state index contributed by atoms with van der Waals surface area (Å²) in [6, 6.07) is 7.81. The third-order valence-electron chi connectivity index (χ3n) is 2.42. The summed E-state index contributed by atoms with van der Waals surface area (Å²) in [6.07, 6.45) is 0. The van der Waals surface area contributed by atoms with Crippen LogP contribution in [0.3, 0.4) is 0 Å². The quantitative estimate of drug-likeness (QED) is 0.594. The zero-order valence-electron chi connectivity index (χ0n) is 11.1. The molecule has 3 nitrogen and oxygen atoms in total. The van der Waals surface area contributed by atoms with Gasteiger partial charge in [-0.3, -0.25) is 4.79 Å². The first kappa shape index (κ1) is 13.6. The van der Waals surface area contributed by atoms with Crippen molar-refractivity contribution in [3.05, 3.63) is 29.8 Å². The third kappa shape index (κ3) is 4.10. The molecule has 0 aliphatic carbocycles. The molecular formula is C14H20O3. The van der Waals surface area contributed by atoms with Crippen molar-refractivity contribution in [1.82, 2.24) is 0 Å². The van der Waals surface area contributed by atoms with Gasteiger partial charge in [0, 0.05) is 13.8 Å². The molecule has 0 heterocycles. The Morgan fingerprint density at radius 2 is 1.53 bits per heavy atom. The number of hydrogen-bond donors (Lipinski definition) is 0. The van der Waals surface area contributed by atoms with Crippen molar-refractivity contribution < 1.29 is 14.3 Å². The van der Waals surface area contributed by atoms with Gasteiger partial charge in [-0.1, -0.05) is 32.9 Å². The second-order valence-corrected chi connectivity index (χ2v) is 5.49. The number of carbonyl (C=O) groups is 1. The lowest BCUT2D eigenvalue weighted by Crippen LogP contribution is -2.31. The van der Waals surface area contributed by atoms with Crippen molar-refractivity contribution in [3.8, 4) is 5.75 Å². The molecule has 0 aliphatic heterocycles. The van der Waals surface area contributed by atoms with Crippen LogP contribution in [0.5, 0.6) is 5.75 Å². The van der Waals surface area contributed by atoms with Crippen LogP contribution >= 0.6 is 0 Å². The van der Waals surface area contributed by atoms with Gasteiger partial charge in [0.25, 0.3) is 6.47 Å². The molecule has 3 heteroatoms. The fourth-order valence-corrected chi connectivity index (χ4v) is 1.45. The molecule has 0 bridgehead atoms. The van der Waals surface area contributed by atoms with Gasteiger partial charge in [-0.05, 0) is 23.1 Å². The Morgan fingerprint density at radius 3 is 1.94 bits per heavy atom. The van der Waals surface area contributed by atoms with E-state index in [-0.39, 0.29) is 5.41 Å². The smallest absolute Gasteiger partial charge is 0.296 e. The Labute approximate surface area is 103 Å². The van der Waals surface area contributed by atoms with Crippen molar-refractivity contribution in [1.29, 1.82) is 0 Å². The standard InChI is InChI=1S/C14H20O3/c1-13(2,3)11-6-8-12(9-7-11)17-14(4,5)16-10-15/h6-10H,1-5H3. The van der Waals surface area contributed by atoms with Gasteiger partial charge in [-0.15, -0.1) is 0 Å². The van der Waals surface area contributed by atoms with E-state index in [2.05, 4.69) is 20.8 Å². The fraction of sp³-hybridized carbons (Fsp3) is 0.500. The van der Waals surface area contributed by atoms with Gasteiger partial charge in [-0.25, -0.2) is 0 Å². The van der Waals surface area contributed by atoms with E-state index >= 15 is 0 Å². The first-order chi connectivity index (χ1) is 7.74. The minimum absolute atomic E-state index is 0.118. The molecule has 1 aromatic rings. The Morgan fingerprint density at radius 1 is 1.00 bits per heavy atom. The van der Waals surface area contributed by atoms with E-state index in [1.165, 1.54) is 5.56 Å². The van der Waals surface area contributed by atoms with Crippen LogP contribution in [0.4, 0.5) is 0 Å². The zero-order chi connectivity index (χ0) is 13.1. The van der Waals surface area contributed by atoms with Gasteiger partial charge in [0.15, 0.2) is 0 Å². The molecule has 0 aliphatic rings. The van der Waals surface area contributed by atoms with Gasteiger partial charge in [0.2, 0.25) is 5.79 Å². The Balaban J connectivity index is 2.79. The summed E-state index contributed by atoms with van der Waals surface area (Å²) in [4.78, 5) is 10.3. The maximum Gasteiger partial charge on any atom is 0.296 e. The normalized spacial score (nSPS) is 12.1. The topological polar surface area (TPSA) is 35.5 Å². The molecule has 17 heavy (non-hydrogen) atoms. The molecule has 1 aromatic carbocycles. The molecule has 0 spiro atoms. The molecule has 0 unspecified atom stereocenters. The van der Waals surface area contributed by atoms with Crippen LogP contribution in [0.1, 0.15) is 40.2 Å². The molecule has 0 aromatic heterocycles. The average molecular weight is 236 g/mol. The molecule has 0 amide bonds. The Kier molecular flexibility index (Phi) is 3.81. The number of carbonyl (C=O) groups excluding carboxylic acids is 1. The van der Waals surface area contributed by atoms with Crippen molar-refractivity contribution >= 4 is 6.47 Å². The number of ether oxygens (including phenoxy) is 2. The molecular weight excluding hydrogens is 216 g/mol. The Hall–Kier alpha value is -1.51. The van der Waals surface area contributed by atoms with E-state index in [4.69, 9.17) is 9.47 Å². The van der Waals surface area contributed by atoms with Crippen LogP contribution in [-0.2, 0) is 14.9 Å². The lowest BCUT2D eigenvalue weighted by molar-refractivity contribution is -0.170. The minimum atomic E-state index is -0.939. The average Bonchev–Trinajstić information content (AvgIpc) is 2.16. The van der Waals surface area contributed by atoms with Crippen LogP contribution in [0.15, 0.2) is 24.3 Å². The number of rotatable bonds is 4. The zero-order valence-corrected chi connectivity index (χ0v) is 11.1. The summed E-state index contributed by atoms with van der Waals surface area (Å²) in [6.45, 7) is 10.2. The molecule has 1 rings (SSSR count). The maximum absolute atomic E-state index is 10.3. The molecule has 0 atom stereocenters. The summed E-state index contributed by atoms with van der Waals surface area (Å²) >= 11 is 0. The second-order valence-electron chi connectivity index (χ2n) is 5.49. The lowest BCUT2D eigenvalue weighted by Gasteiger charge is -2.25. The second kappa shape index (κ2) is 4.78. The van der Waals surface area contributed by atoms with Gasteiger partial charge in [0.1, 0.15) is 5.75 Å². The highest BCUT2D eigenvalue weighted by molar-refractivity contribution is 5.38. The molecule has 0 saturated carbocycles. The minimum Gasteiger partial charge on any atom is -0.453 e. The fourth-order valence-electron chi connectivity index (χ4n) is 1.45.